The van der Waals surface area contributed by atoms with Gasteiger partial charge in [-0.05, 0) is 30.7 Å². The van der Waals surface area contributed by atoms with Crippen LogP contribution in [0.3, 0.4) is 0 Å². The lowest BCUT2D eigenvalue weighted by Gasteiger charge is -2.09. The van der Waals surface area contributed by atoms with Crippen molar-refractivity contribution in [1.29, 1.82) is 0 Å². The number of aryl methyl sites for hydroxylation is 1. The lowest BCUT2D eigenvalue weighted by atomic mass is 10.2. The second-order valence-electron chi connectivity index (χ2n) is 3.79. The molecular formula is C11H15FN2O3S. The summed E-state index contributed by atoms with van der Waals surface area (Å²) in [5.74, 6) is -0.711. The Kier molecular flexibility index (Phi) is 4.80. The van der Waals surface area contributed by atoms with E-state index in [9.17, 15) is 17.6 Å². The topological polar surface area (TPSA) is 75.3 Å². The van der Waals surface area contributed by atoms with Crippen molar-refractivity contribution in [2.75, 3.05) is 13.1 Å². The number of rotatable bonds is 5. The Morgan fingerprint density at radius 1 is 1.33 bits per heavy atom. The first-order valence-corrected chi connectivity index (χ1v) is 6.81. The minimum absolute atomic E-state index is 0.0340. The Hall–Kier alpha value is -1.47. The highest BCUT2D eigenvalue weighted by Gasteiger charge is 2.16. The molecule has 1 rings (SSSR count). The van der Waals surface area contributed by atoms with Crippen LogP contribution in [-0.2, 0) is 14.8 Å². The van der Waals surface area contributed by atoms with Crippen LogP contribution >= 0.6 is 0 Å². The van der Waals surface area contributed by atoms with Crippen LogP contribution in [0.25, 0.3) is 0 Å². The van der Waals surface area contributed by atoms with Gasteiger partial charge >= 0.3 is 0 Å². The first kappa shape index (κ1) is 14.6. The smallest absolute Gasteiger partial charge is 0.240 e. The molecule has 1 aromatic carbocycles. The number of sulfonamides is 1. The van der Waals surface area contributed by atoms with E-state index in [4.69, 9.17) is 0 Å². The highest BCUT2D eigenvalue weighted by Crippen LogP contribution is 2.15. The zero-order valence-electron chi connectivity index (χ0n) is 10.2. The second-order valence-corrected chi connectivity index (χ2v) is 5.53. The van der Waals surface area contributed by atoms with Crippen LogP contribution in [0.2, 0.25) is 0 Å². The molecule has 0 saturated heterocycles. The number of hydrogen-bond donors (Lipinski definition) is 2. The zero-order chi connectivity index (χ0) is 13.8. The molecule has 7 heteroatoms. The SMILES string of the molecule is CC(=O)NCCNS(=O)(=O)c1ccc(F)cc1C. The van der Waals surface area contributed by atoms with Gasteiger partial charge in [-0.2, -0.15) is 0 Å². The van der Waals surface area contributed by atoms with Crippen molar-refractivity contribution in [3.8, 4) is 0 Å². The fraction of sp³-hybridized carbons (Fsp3) is 0.364. The standard InChI is InChI=1S/C11H15FN2O3S/c1-8-7-10(12)3-4-11(8)18(16,17)14-6-5-13-9(2)15/h3-4,7,14H,5-6H2,1-2H3,(H,13,15). The van der Waals surface area contributed by atoms with Gasteiger partial charge in [0.1, 0.15) is 5.82 Å². The Labute approximate surface area is 105 Å². The predicted octanol–water partition coefficient (Wildman–Crippen LogP) is 0.549. The number of halogens is 1. The third kappa shape index (κ3) is 4.08. The number of benzene rings is 1. The maximum atomic E-state index is 12.9. The summed E-state index contributed by atoms with van der Waals surface area (Å²) in [6.45, 7) is 3.15. The van der Waals surface area contributed by atoms with E-state index in [1.165, 1.54) is 19.9 Å². The number of carbonyl (C=O) groups excluding carboxylic acids is 1. The van der Waals surface area contributed by atoms with Crippen molar-refractivity contribution >= 4 is 15.9 Å². The van der Waals surface area contributed by atoms with Crippen molar-refractivity contribution < 1.29 is 17.6 Å². The number of nitrogens with one attached hydrogen (secondary N) is 2. The molecule has 0 radical (unpaired) electrons. The van der Waals surface area contributed by atoms with Crippen LogP contribution in [0.4, 0.5) is 4.39 Å². The highest BCUT2D eigenvalue weighted by molar-refractivity contribution is 7.89. The van der Waals surface area contributed by atoms with Gasteiger partial charge in [-0.25, -0.2) is 17.5 Å². The molecule has 0 heterocycles. The Bertz CT molecular complexity index is 543. The van der Waals surface area contributed by atoms with Crippen molar-refractivity contribution in [3.63, 3.8) is 0 Å². The normalized spacial score (nSPS) is 11.3. The molecular weight excluding hydrogens is 259 g/mol. The van der Waals surface area contributed by atoms with Crippen molar-refractivity contribution in [2.24, 2.45) is 0 Å². The van der Waals surface area contributed by atoms with Crippen molar-refractivity contribution in [3.05, 3.63) is 29.6 Å². The summed E-state index contributed by atoms with van der Waals surface area (Å²) in [7, 11) is -3.67. The maximum Gasteiger partial charge on any atom is 0.240 e. The van der Waals surface area contributed by atoms with Gasteiger partial charge in [0, 0.05) is 20.0 Å². The van der Waals surface area contributed by atoms with Crippen molar-refractivity contribution in [2.45, 2.75) is 18.7 Å². The molecule has 0 fully saturated rings. The molecule has 18 heavy (non-hydrogen) atoms. The van der Waals surface area contributed by atoms with Gasteiger partial charge < -0.3 is 5.32 Å². The van der Waals surface area contributed by atoms with E-state index in [0.717, 1.165) is 12.1 Å². The summed E-state index contributed by atoms with van der Waals surface area (Å²) in [6.07, 6.45) is 0. The maximum absolute atomic E-state index is 12.9. The fourth-order valence-corrected chi connectivity index (χ4v) is 2.67. The minimum Gasteiger partial charge on any atom is -0.355 e. The van der Waals surface area contributed by atoms with E-state index in [1.807, 2.05) is 0 Å². The van der Waals surface area contributed by atoms with Crippen molar-refractivity contribution in [1.82, 2.24) is 10.0 Å². The summed E-state index contributed by atoms with van der Waals surface area (Å²) in [5.41, 5.74) is 0.335. The van der Waals surface area contributed by atoms with Gasteiger partial charge in [-0.1, -0.05) is 0 Å². The molecule has 1 aromatic rings. The average molecular weight is 274 g/mol. The largest absolute Gasteiger partial charge is 0.355 e. The zero-order valence-corrected chi connectivity index (χ0v) is 11.0. The third-order valence-electron chi connectivity index (χ3n) is 2.22. The Morgan fingerprint density at radius 2 is 2.00 bits per heavy atom. The molecule has 0 aliphatic heterocycles. The lowest BCUT2D eigenvalue weighted by molar-refractivity contribution is -0.118. The summed E-state index contributed by atoms with van der Waals surface area (Å²) >= 11 is 0. The van der Waals surface area contributed by atoms with Gasteiger partial charge in [-0.15, -0.1) is 0 Å². The van der Waals surface area contributed by atoms with E-state index in [1.54, 1.807) is 0 Å². The van der Waals surface area contributed by atoms with Crippen LogP contribution in [0.5, 0.6) is 0 Å². The first-order valence-electron chi connectivity index (χ1n) is 5.33. The molecule has 0 atom stereocenters. The predicted molar refractivity (Wildman–Crippen MR) is 65.0 cm³/mol. The molecule has 1 amide bonds. The Morgan fingerprint density at radius 3 is 2.56 bits per heavy atom. The number of carbonyl (C=O) groups is 1. The van der Waals surface area contributed by atoms with Crippen LogP contribution in [0.15, 0.2) is 23.1 Å². The van der Waals surface area contributed by atoms with Crippen LogP contribution in [-0.4, -0.2) is 27.4 Å². The second kappa shape index (κ2) is 5.92. The summed E-state index contributed by atoms with van der Waals surface area (Å²) in [4.78, 5) is 10.6. The molecule has 0 aromatic heterocycles. The van der Waals surface area contributed by atoms with Gasteiger partial charge in [0.2, 0.25) is 15.9 Å². The summed E-state index contributed by atoms with van der Waals surface area (Å²) < 4.78 is 38.9. The van der Waals surface area contributed by atoms with E-state index in [2.05, 4.69) is 10.0 Å². The Balaban J connectivity index is 2.71. The fourth-order valence-electron chi connectivity index (χ4n) is 1.42. The molecule has 0 unspecified atom stereocenters. The molecule has 0 aliphatic rings. The summed E-state index contributed by atoms with van der Waals surface area (Å²) in [5, 5.41) is 2.47. The third-order valence-corrected chi connectivity index (χ3v) is 3.84. The molecule has 0 bridgehead atoms. The van der Waals surface area contributed by atoms with Gasteiger partial charge in [0.05, 0.1) is 4.90 Å². The van der Waals surface area contributed by atoms with Gasteiger partial charge in [-0.3, -0.25) is 4.79 Å². The van der Waals surface area contributed by atoms with E-state index >= 15 is 0 Å². The van der Waals surface area contributed by atoms with E-state index < -0.39 is 15.8 Å². The quantitative estimate of drug-likeness (QED) is 0.770. The molecule has 2 N–H and O–H groups in total. The number of hydrogen-bond acceptors (Lipinski definition) is 3. The molecule has 100 valence electrons. The lowest BCUT2D eigenvalue weighted by Crippen LogP contribution is -2.33. The molecule has 5 nitrogen and oxygen atoms in total. The average Bonchev–Trinajstić information content (AvgIpc) is 2.23. The van der Waals surface area contributed by atoms with Crippen LogP contribution < -0.4 is 10.0 Å². The van der Waals surface area contributed by atoms with E-state index in [-0.39, 0.29) is 23.9 Å². The number of amides is 1. The summed E-state index contributed by atoms with van der Waals surface area (Å²) in [6, 6.07) is 3.46. The van der Waals surface area contributed by atoms with Gasteiger partial charge in [0.25, 0.3) is 0 Å². The minimum atomic E-state index is -3.67. The van der Waals surface area contributed by atoms with Crippen LogP contribution in [0.1, 0.15) is 12.5 Å². The first-order chi connectivity index (χ1) is 8.33. The monoisotopic (exact) mass is 274 g/mol. The van der Waals surface area contributed by atoms with Crippen LogP contribution in [0, 0.1) is 12.7 Å². The molecule has 0 aliphatic carbocycles. The highest BCUT2D eigenvalue weighted by atomic mass is 32.2. The molecule has 0 spiro atoms. The molecule has 0 saturated carbocycles. The van der Waals surface area contributed by atoms with Gasteiger partial charge in [0.15, 0.2) is 0 Å². The van der Waals surface area contributed by atoms with E-state index in [0.29, 0.717) is 5.56 Å².